The molecule has 2 rings (SSSR count). The summed E-state index contributed by atoms with van der Waals surface area (Å²) < 4.78 is 2.37. The first-order chi connectivity index (χ1) is 9.22. The zero-order valence-corrected chi connectivity index (χ0v) is 15.3. The molecule has 1 atom stereocenters. The zero-order valence-electron chi connectivity index (χ0n) is 11.3. The van der Waals surface area contributed by atoms with E-state index in [1.54, 1.807) is 5.57 Å². The Morgan fingerprint density at radius 2 is 2.16 bits per heavy atom. The first kappa shape index (κ1) is 15.7. The number of halogens is 2. The van der Waals surface area contributed by atoms with Crippen LogP contribution in [-0.2, 0) is 0 Å². The van der Waals surface area contributed by atoms with Gasteiger partial charge in [-0.25, -0.2) is 0 Å². The molecule has 1 N–H and O–H groups in total. The van der Waals surface area contributed by atoms with E-state index in [9.17, 15) is 0 Å². The summed E-state index contributed by atoms with van der Waals surface area (Å²) in [5.74, 6) is 0. The number of hydrogen-bond donors (Lipinski definition) is 1. The van der Waals surface area contributed by atoms with E-state index >= 15 is 0 Å². The predicted molar refractivity (Wildman–Crippen MR) is 91.9 cm³/mol. The highest BCUT2D eigenvalue weighted by molar-refractivity contribution is 9.13. The average Bonchev–Trinajstić information content (AvgIpc) is 2.61. The van der Waals surface area contributed by atoms with Crippen LogP contribution in [0.25, 0.3) is 0 Å². The van der Waals surface area contributed by atoms with Gasteiger partial charge >= 0.3 is 0 Å². The Morgan fingerprint density at radius 1 is 1.32 bits per heavy atom. The van der Waals surface area contributed by atoms with Gasteiger partial charge in [-0.05, 0) is 76.6 Å². The second kappa shape index (κ2) is 7.96. The van der Waals surface area contributed by atoms with Crippen LogP contribution >= 0.6 is 43.2 Å². The second-order valence-corrected chi connectivity index (χ2v) is 8.29. The Bertz CT molecular complexity index is 420. The van der Waals surface area contributed by atoms with Crippen LogP contribution in [0, 0.1) is 0 Å². The number of allylic oxidation sites excluding steroid dienone is 1. The van der Waals surface area contributed by atoms with Crippen LogP contribution < -0.4 is 5.32 Å². The van der Waals surface area contributed by atoms with Gasteiger partial charge in [-0.1, -0.05) is 25.0 Å². The van der Waals surface area contributed by atoms with Crippen LogP contribution in [0.4, 0.5) is 0 Å². The van der Waals surface area contributed by atoms with Crippen molar-refractivity contribution < 1.29 is 0 Å². The van der Waals surface area contributed by atoms with E-state index in [1.165, 1.54) is 51.7 Å². The number of rotatable bonds is 5. The summed E-state index contributed by atoms with van der Waals surface area (Å²) >= 11 is 9.06. The van der Waals surface area contributed by atoms with E-state index in [1.807, 2.05) is 11.3 Å². The fourth-order valence-corrected chi connectivity index (χ4v) is 4.72. The Kier molecular flexibility index (Phi) is 6.60. The van der Waals surface area contributed by atoms with Gasteiger partial charge in [0.2, 0.25) is 0 Å². The molecule has 106 valence electrons. The SMILES string of the molecule is CCCNC(C1=CCCCCC1)c1cc(Br)c(Br)s1. The second-order valence-electron chi connectivity index (χ2n) is 5.04. The Balaban J connectivity index is 2.21. The van der Waals surface area contributed by atoms with E-state index in [0.29, 0.717) is 6.04 Å². The molecule has 0 saturated heterocycles. The molecule has 4 heteroatoms. The topological polar surface area (TPSA) is 12.0 Å². The lowest BCUT2D eigenvalue weighted by molar-refractivity contribution is 0.573. The Hall–Kier alpha value is 0.360. The lowest BCUT2D eigenvalue weighted by Gasteiger charge is -2.20. The maximum atomic E-state index is 3.72. The first-order valence-electron chi connectivity index (χ1n) is 7.09. The minimum Gasteiger partial charge on any atom is -0.306 e. The molecule has 1 nitrogen and oxygen atoms in total. The largest absolute Gasteiger partial charge is 0.306 e. The third-order valence-electron chi connectivity index (χ3n) is 3.49. The van der Waals surface area contributed by atoms with Crippen molar-refractivity contribution in [3.8, 4) is 0 Å². The molecule has 0 aromatic carbocycles. The van der Waals surface area contributed by atoms with Gasteiger partial charge < -0.3 is 5.32 Å². The molecule has 0 saturated carbocycles. The minimum atomic E-state index is 0.408. The Labute approximate surface area is 137 Å². The molecule has 0 bridgehead atoms. The third kappa shape index (κ3) is 4.42. The molecule has 0 amide bonds. The van der Waals surface area contributed by atoms with Crippen molar-refractivity contribution in [1.29, 1.82) is 0 Å². The number of nitrogens with one attached hydrogen (secondary N) is 1. The maximum absolute atomic E-state index is 3.72. The van der Waals surface area contributed by atoms with E-state index < -0.39 is 0 Å². The smallest absolute Gasteiger partial charge is 0.0843 e. The first-order valence-corrected chi connectivity index (χ1v) is 9.49. The van der Waals surface area contributed by atoms with Gasteiger partial charge in [-0.15, -0.1) is 11.3 Å². The molecule has 19 heavy (non-hydrogen) atoms. The summed E-state index contributed by atoms with van der Waals surface area (Å²) in [6, 6.07) is 2.67. The van der Waals surface area contributed by atoms with Crippen molar-refractivity contribution in [2.45, 2.75) is 51.5 Å². The molecule has 0 spiro atoms. The van der Waals surface area contributed by atoms with Crippen molar-refractivity contribution in [1.82, 2.24) is 5.32 Å². The van der Waals surface area contributed by atoms with E-state index in [4.69, 9.17) is 0 Å². The molecule has 0 aliphatic heterocycles. The highest BCUT2D eigenvalue weighted by atomic mass is 79.9. The summed E-state index contributed by atoms with van der Waals surface area (Å²) in [6.07, 6.45) is 10.2. The lowest BCUT2D eigenvalue weighted by atomic mass is 10.0. The van der Waals surface area contributed by atoms with Gasteiger partial charge in [0, 0.05) is 9.35 Å². The Morgan fingerprint density at radius 3 is 2.84 bits per heavy atom. The minimum absolute atomic E-state index is 0.408. The molecule has 0 fully saturated rings. The fourth-order valence-electron chi connectivity index (χ4n) is 2.51. The molecule has 0 radical (unpaired) electrons. The van der Waals surface area contributed by atoms with Gasteiger partial charge in [0.25, 0.3) is 0 Å². The van der Waals surface area contributed by atoms with Gasteiger partial charge in [-0.3, -0.25) is 0 Å². The summed E-state index contributed by atoms with van der Waals surface area (Å²) in [6.45, 7) is 3.31. The predicted octanol–water partition coefficient (Wildman–Crippen LogP) is 6.20. The van der Waals surface area contributed by atoms with E-state index in [0.717, 1.165) is 6.54 Å². The van der Waals surface area contributed by atoms with Gasteiger partial charge in [-0.2, -0.15) is 0 Å². The maximum Gasteiger partial charge on any atom is 0.0843 e. The molecule has 1 aliphatic rings. The lowest BCUT2D eigenvalue weighted by Crippen LogP contribution is -2.23. The molecular weight excluding hydrogens is 386 g/mol. The molecule has 1 aromatic heterocycles. The standard InChI is InChI=1S/C15H21Br2NS/c1-2-9-18-14(11-7-5-3-4-6-8-11)13-10-12(16)15(17)19-13/h7,10,14,18H,2-6,8-9H2,1H3. The number of hydrogen-bond acceptors (Lipinski definition) is 2. The fraction of sp³-hybridized carbons (Fsp3) is 0.600. The highest BCUT2D eigenvalue weighted by Gasteiger charge is 2.20. The normalized spacial score (nSPS) is 17.9. The van der Waals surface area contributed by atoms with Crippen LogP contribution in [0.3, 0.4) is 0 Å². The summed E-state index contributed by atoms with van der Waals surface area (Å²) in [7, 11) is 0. The van der Waals surface area contributed by atoms with Crippen LogP contribution in [0.5, 0.6) is 0 Å². The van der Waals surface area contributed by atoms with Gasteiger partial charge in [0.1, 0.15) is 0 Å². The molecular formula is C15H21Br2NS. The van der Waals surface area contributed by atoms with Gasteiger partial charge in [0.15, 0.2) is 0 Å². The van der Waals surface area contributed by atoms with Crippen LogP contribution in [0.1, 0.15) is 56.4 Å². The number of thiophene rings is 1. The molecule has 1 aromatic rings. The van der Waals surface area contributed by atoms with Crippen molar-refractivity contribution in [2.24, 2.45) is 0 Å². The van der Waals surface area contributed by atoms with E-state index in [-0.39, 0.29) is 0 Å². The van der Waals surface area contributed by atoms with Crippen LogP contribution in [-0.4, -0.2) is 6.54 Å². The zero-order chi connectivity index (χ0) is 13.7. The molecule has 1 unspecified atom stereocenters. The molecule has 1 heterocycles. The van der Waals surface area contributed by atoms with Crippen molar-refractivity contribution in [3.05, 3.63) is 30.9 Å². The van der Waals surface area contributed by atoms with Crippen LogP contribution in [0.2, 0.25) is 0 Å². The highest BCUT2D eigenvalue weighted by Crippen LogP contribution is 2.39. The van der Waals surface area contributed by atoms with E-state index in [2.05, 4.69) is 56.2 Å². The van der Waals surface area contributed by atoms with Crippen molar-refractivity contribution in [3.63, 3.8) is 0 Å². The van der Waals surface area contributed by atoms with Crippen molar-refractivity contribution in [2.75, 3.05) is 6.54 Å². The summed E-state index contributed by atoms with van der Waals surface area (Å²) in [5.41, 5.74) is 1.59. The average molecular weight is 407 g/mol. The van der Waals surface area contributed by atoms with Gasteiger partial charge in [0.05, 0.1) is 9.83 Å². The quantitative estimate of drug-likeness (QED) is 0.573. The van der Waals surface area contributed by atoms with Crippen molar-refractivity contribution >= 4 is 43.2 Å². The third-order valence-corrected chi connectivity index (χ3v) is 6.82. The summed E-state index contributed by atoms with van der Waals surface area (Å²) in [5, 5.41) is 3.72. The monoisotopic (exact) mass is 405 g/mol. The van der Waals surface area contributed by atoms with Crippen LogP contribution in [0.15, 0.2) is 26.0 Å². The molecule has 1 aliphatic carbocycles. The summed E-state index contributed by atoms with van der Waals surface area (Å²) in [4.78, 5) is 1.42.